The van der Waals surface area contributed by atoms with Crippen molar-refractivity contribution in [3.05, 3.63) is 35.9 Å². The van der Waals surface area contributed by atoms with Crippen molar-refractivity contribution in [1.82, 2.24) is 0 Å². The Bertz CT molecular complexity index is 495. The smallest absolute Gasteiger partial charge is 0.199 e. The Morgan fingerprint density at radius 3 is 2.21 bits per heavy atom. The van der Waals surface area contributed by atoms with Crippen LogP contribution in [0.5, 0.6) is 0 Å². The van der Waals surface area contributed by atoms with Crippen molar-refractivity contribution in [3.63, 3.8) is 0 Å². The largest absolute Gasteiger partial charge is 0.378 e. The van der Waals surface area contributed by atoms with Crippen LogP contribution in [0.1, 0.15) is 71.3 Å². The number of hydrogen-bond donors (Lipinski definition) is 0. The zero-order valence-corrected chi connectivity index (χ0v) is 18.2. The molecule has 1 aliphatic heterocycles. The Labute approximate surface area is 171 Å². The minimum absolute atomic E-state index is 0.153. The summed E-state index contributed by atoms with van der Waals surface area (Å²) in [6.45, 7) is 9.66. The predicted octanol–water partition coefficient (Wildman–Crippen LogP) is 5.69. The predicted molar refractivity (Wildman–Crippen MR) is 113 cm³/mol. The number of rotatable bonds is 17. The lowest BCUT2D eigenvalue weighted by Crippen LogP contribution is -2.43. The van der Waals surface area contributed by atoms with Crippen LogP contribution < -0.4 is 0 Å². The van der Waals surface area contributed by atoms with Gasteiger partial charge >= 0.3 is 0 Å². The molecule has 4 heteroatoms. The van der Waals surface area contributed by atoms with E-state index in [1.165, 1.54) is 38.5 Å². The van der Waals surface area contributed by atoms with E-state index in [2.05, 4.69) is 31.2 Å². The molecule has 0 saturated carbocycles. The molecule has 0 N–H and O–H groups in total. The summed E-state index contributed by atoms with van der Waals surface area (Å²) in [6, 6.07) is 10.4. The molecule has 1 aliphatic rings. The van der Waals surface area contributed by atoms with Gasteiger partial charge in [0, 0.05) is 24.7 Å². The minimum Gasteiger partial charge on any atom is -0.378 e. The second kappa shape index (κ2) is 13.3. The van der Waals surface area contributed by atoms with Gasteiger partial charge in [-0.2, -0.15) is 0 Å². The summed E-state index contributed by atoms with van der Waals surface area (Å²) >= 11 is 0. The topological polar surface area (TPSA) is 40.2 Å². The second-order valence-electron chi connectivity index (χ2n) is 7.65. The van der Waals surface area contributed by atoms with Crippen LogP contribution in [0, 0.1) is 5.92 Å². The molecule has 0 radical (unpaired) electrons. The van der Waals surface area contributed by atoms with E-state index in [1.807, 2.05) is 19.9 Å². The first-order chi connectivity index (χ1) is 13.8. The van der Waals surface area contributed by atoms with Gasteiger partial charge in [0.1, 0.15) is 6.10 Å². The van der Waals surface area contributed by atoms with Crippen LogP contribution in [0.3, 0.4) is 0 Å². The van der Waals surface area contributed by atoms with E-state index in [0.717, 1.165) is 18.6 Å². The van der Waals surface area contributed by atoms with Crippen molar-refractivity contribution in [2.45, 2.75) is 77.6 Å². The Kier molecular flexibility index (Phi) is 11.1. The molecule has 160 valence electrons. The van der Waals surface area contributed by atoms with Gasteiger partial charge in [-0.25, -0.2) is 0 Å². The van der Waals surface area contributed by atoms with Crippen LogP contribution in [0.4, 0.5) is 0 Å². The molecule has 1 heterocycles. The summed E-state index contributed by atoms with van der Waals surface area (Å²) in [5, 5.41) is 0. The Balaban J connectivity index is 2.09. The Morgan fingerprint density at radius 2 is 1.61 bits per heavy atom. The molecule has 0 bridgehead atoms. The summed E-state index contributed by atoms with van der Waals surface area (Å²) in [7, 11) is 0. The summed E-state index contributed by atoms with van der Waals surface area (Å²) in [6.07, 6.45) is 8.99. The lowest BCUT2D eigenvalue weighted by atomic mass is 9.87. The first-order valence-corrected chi connectivity index (χ1v) is 11.3. The summed E-state index contributed by atoms with van der Waals surface area (Å²) in [4.78, 5) is 0. The van der Waals surface area contributed by atoms with Crippen molar-refractivity contribution in [2.75, 3.05) is 33.0 Å². The molecule has 1 fully saturated rings. The van der Waals surface area contributed by atoms with E-state index in [-0.39, 0.29) is 12.0 Å². The highest BCUT2D eigenvalue weighted by molar-refractivity contribution is 5.21. The fraction of sp³-hybridized carbons (Fsp3) is 0.750. The van der Waals surface area contributed by atoms with Crippen LogP contribution in [0.2, 0.25) is 0 Å². The van der Waals surface area contributed by atoms with Gasteiger partial charge in [0.2, 0.25) is 0 Å². The van der Waals surface area contributed by atoms with Gasteiger partial charge in [0.15, 0.2) is 5.79 Å². The second-order valence-corrected chi connectivity index (χ2v) is 7.65. The zero-order chi connectivity index (χ0) is 20.1. The third kappa shape index (κ3) is 7.47. The highest BCUT2D eigenvalue weighted by Crippen LogP contribution is 2.39. The fourth-order valence-electron chi connectivity index (χ4n) is 3.84. The molecule has 4 nitrogen and oxygen atoms in total. The number of unbranched alkanes of at least 4 members (excludes halogenated alkanes) is 5. The molecule has 0 aliphatic carbocycles. The molecule has 0 amide bonds. The van der Waals surface area contributed by atoms with E-state index < -0.39 is 5.79 Å². The minimum atomic E-state index is -0.751. The molecule has 0 aromatic heterocycles. The van der Waals surface area contributed by atoms with Crippen LogP contribution >= 0.6 is 0 Å². The van der Waals surface area contributed by atoms with Crippen LogP contribution in [-0.4, -0.2) is 39.1 Å². The summed E-state index contributed by atoms with van der Waals surface area (Å²) in [5.74, 6) is -0.599. The molecular formula is C24H40O4. The lowest BCUT2D eigenvalue weighted by molar-refractivity contribution is -0.282. The number of benzene rings is 1. The fourth-order valence-corrected chi connectivity index (χ4v) is 3.84. The van der Waals surface area contributed by atoms with Crippen molar-refractivity contribution < 1.29 is 18.9 Å². The SMILES string of the molecule is CCCCCCCCC(COCC1CO1)C(OCC)(OCC)c1ccccc1. The van der Waals surface area contributed by atoms with Gasteiger partial charge in [-0.15, -0.1) is 0 Å². The van der Waals surface area contributed by atoms with Crippen molar-refractivity contribution in [2.24, 2.45) is 5.92 Å². The Hall–Kier alpha value is -0.940. The third-order valence-corrected chi connectivity index (χ3v) is 5.36. The normalized spacial score (nSPS) is 17.6. The lowest BCUT2D eigenvalue weighted by Gasteiger charge is -2.40. The molecule has 1 saturated heterocycles. The van der Waals surface area contributed by atoms with Crippen molar-refractivity contribution in [1.29, 1.82) is 0 Å². The maximum absolute atomic E-state index is 6.35. The van der Waals surface area contributed by atoms with Crippen LogP contribution in [0.25, 0.3) is 0 Å². The monoisotopic (exact) mass is 392 g/mol. The molecule has 1 aromatic carbocycles. The molecular weight excluding hydrogens is 352 g/mol. The molecule has 2 atom stereocenters. The maximum Gasteiger partial charge on any atom is 0.199 e. The highest BCUT2D eigenvalue weighted by Gasteiger charge is 2.42. The quantitative estimate of drug-likeness (QED) is 0.194. The summed E-state index contributed by atoms with van der Waals surface area (Å²) in [5.41, 5.74) is 1.08. The van der Waals surface area contributed by atoms with E-state index in [1.54, 1.807) is 0 Å². The molecule has 1 aromatic rings. The van der Waals surface area contributed by atoms with Gasteiger partial charge in [-0.3, -0.25) is 0 Å². The van der Waals surface area contributed by atoms with Gasteiger partial charge < -0.3 is 18.9 Å². The van der Waals surface area contributed by atoms with Gasteiger partial charge in [0.25, 0.3) is 0 Å². The third-order valence-electron chi connectivity index (χ3n) is 5.36. The van der Waals surface area contributed by atoms with Gasteiger partial charge in [-0.05, 0) is 20.3 Å². The van der Waals surface area contributed by atoms with Crippen LogP contribution in [0.15, 0.2) is 30.3 Å². The first-order valence-electron chi connectivity index (χ1n) is 11.3. The number of hydrogen-bond acceptors (Lipinski definition) is 4. The standard InChI is InChI=1S/C24H40O4/c1-4-7-8-9-10-12-17-22(18-25-19-23-20-26-23)24(27-5-2,28-6-3)21-15-13-11-14-16-21/h11,13-16,22-23H,4-10,12,17-20H2,1-3H3. The van der Waals surface area contributed by atoms with E-state index in [0.29, 0.717) is 26.4 Å². The summed E-state index contributed by atoms with van der Waals surface area (Å²) < 4.78 is 24.1. The number of epoxide rings is 1. The van der Waals surface area contributed by atoms with Gasteiger partial charge in [0.05, 0.1) is 19.8 Å². The van der Waals surface area contributed by atoms with E-state index >= 15 is 0 Å². The van der Waals surface area contributed by atoms with E-state index in [4.69, 9.17) is 18.9 Å². The average Bonchev–Trinajstić information content (AvgIpc) is 3.54. The first kappa shape index (κ1) is 23.3. The number of ether oxygens (including phenoxy) is 4. The maximum atomic E-state index is 6.35. The van der Waals surface area contributed by atoms with Gasteiger partial charge in [-0.1, -0.05) is 75.8 Å². The molecule has 0 spiro atoms. The van der Waals surface area contributed by atoms with Crippen molar-refractivity contribution in [3.8, 4) is 0 Å². The highest BCUT2D eigenvalue weighted by atomic mass is 16.7. The Morgan fingerprint density at radius 1 is 0.964 bits per heavy atom. The molecule has 2 unspecified atom stereocenters. The molecule has 2 rings (SSSR count). The molecule has 28 heavy (non-hydrogen) atoms. The average molecular weight is 393 g/mol. The zero-order valence-electron chi connectivity index (χ0n) is 18.2. The van der Waals surface area contributed by atoms with E-state index in [9.17, 15) is 0 Å². The van der Waals surface area contributed by atoms with Crippen molar-refractivity contribution >= 4 is 0 Å². The van der Waals surface area contributed by atoms with Crippen LogP contribution in [-0.2, 0) is 24.7 Å².